The molecule has 3 rings (SSSR count). The zero-order chi connectivity index (χ0) is 15.4. The van der Waals surface area contributed by atoms with Crippen molar-refractivity contribution < 1.29 is 0 Å². The average Bonchev–Trinajstić information content (AvgIpc) is 2.55. The summed E-state index contributed by atoms with van der Waals surface area (Å²) < 4.78 is 0. The lowest BCUT2D eigenvalue weighted by Crippen LogP contribution is -2.33. The molecule has 0 saturated carbocycles. The SMILES string of the molecule is N#Cc1cnc(NCCN2CCCc3ccccc32)nc1N. The molecular formula is C16H18N6. The van der Waals surface area contributed by atoms with Crippen LogP contribution in [0.2, 0.25) is 0 Å². The molecule has 2 heterocycles. The van der Waals surface area contributed by atoms with Crippen LogP contribution >= 0.6 is 0 Å². The third-order valence-electron chi connectivity index (χ3n) is 3.81. The van der Waals surface area contributed by atoms with E-state index in [9.17, 15) is 0 Å². The molecule has 2 aromatic rings. The van der Waals surface area contributed by atoms with Crippen molar-refractivity contribution in [2.45, 2.75) is 12.8 Å². The quantitative estimate of drug-likeness (QED) is 0.893. The van der Waals surface area contributed by atoms with Gasteiger partial charge in [0.1, 0.15) is 17.5 Å². The molecule has 112 valence electrons. The van der Waals surface area contributed by atoms with E-state index in [4.69, 9.17) is 11.0 Å². The lowest BCUT2D eigenvalue weighted by molar-refractivity contribution is 0.697. The second kappa shape index (κ2) is 6.31. The Bertz CT molecular complexity index is 706. The lowest BCUT2D eigenvalue weighted by Gasteiger charge is -2.31. The highest BCUT2D eigenvalue weighted by Gasteiger charge is 2.15. The van der Waals surface area contributed by atoms with Crippen molar-refractivity contribution >= 4 is 17.5 Å². The summed E-state index contributed by atoms with van der Waals surface area (Å²) in [7, 11) is 0. The van der Waals surface area contributed by atoms with Gasteiger partial charge in [0.2, 0.25) is 5.95 Å². The largest absolute Gasteiger partial charge is 0.382 e. The standard InChI is InChI=1S/C16H18N6/c17-10-13-11-20-16(21-15(13)18)19-7-9-22-8-3-5-12-4-1-2-6-14(12)22/h1-2,4,6,11H,3,5,7-9H2,(H3,18,19,20,21). The topological polar surface area (TPSA) is 90.9 Å². The van der Waals surface area contributed by atoms with Crippen LogP contribution in [0.1, 0.15) is 17.5 Å². The minimum Gasteiger partial charge on any atom is -0.382 e. The summed E-state index contributed by atoms with van der Waals surface area (Å²) in [6.45, 7) is 2.66. The zero-order valence-corrected chi connectivity index (χ0v) is 12.3. The monoisotopic (exact) mass is 294 g/mol. The number of fused-ring (bicyclic) bond motifs is 1. The van der Waals surface area contributed by atoms with Crippen molar-refractivity contribution in [1.82, 2.24) is 9.97 Å². The van der Waals surface area contributed by atoms with Gasteiger partial charge >= 0.3 is 0 Å². The van der Waals surface area contributed by atoms with E-state index in [0.29, 0.717) is 11.5 Å². The number of hydrogen-bond donors (Lipinski definition) is 2. The Labute approximate surface area is 129 Å². The summed E-state index contributed by atoms with van der Waals surface area (Å²) in [5.41, 5.74) is 8.71. The number of nitrogens with zero attached hydrogens (tertiary/aromatic N) is 4. The Morgan fingerprint density at radius 3 is 3.05 bits per heavy atom. The first-order valence-corrected chi connectivity index (χ1v) is 7.37. The van der Waals surface area contributed by atoms with Crippen LogP contribution in [0.25, 0.3) is 0 Å². The summed E-state index contributed by atoms with van der Waals surface area (Å²) in [6.07, 6.45) is 3.77. The maximum Gasteiger partial charge on any atom is 0.224 e. The van der Waals surface area contributed by atoms with Gasteiger partial charge in [-0.05, 0) is 24.5 Å². The van der Waals surface area contributed by atoms with Gasteiger partial charge in [-0.3, -0.25) is 0 Å². The second-order valence-corrected chi connectivity index (χ2v) is 5.25. The number of nitrogens with two attached hydrogens (primary N) is 1. The van der Waals surface area contributed by atoms with Gasteiger partial charge in [0.15, 0.2) is 0 Å². The molecule has 0 aliphatic carbocycles. The third-order valence-corrected chi connectivity index (χ3v) is 3.81. The molecule has 6 nitrogen and oxygen atoms in total. The molecular weight excluding hydrogens is 276 g/mol. The molecule has 0 fully saturated rings. The van der Waals surface area contributed by atoms with Gasteiger partial charge in [-0.25, -0.2) is 4.98 Å². The van der Waals surface area contributed by atoms with Crippen molar-refractivity contribution in [3.8, 4) is 6.07 Å². The fourth-order valence-corrected chi connectivity index (χ4v) is 2.71. The highest BCUT2D eigenvalue weighted by atomic mass is 15.2. The molecule has 1 aromatic carbocycles. The molecule has 0 bridgehead atoms. The number of anilines is 3. The Balaban J connectivity index is 1.60. The van der Waals surface area contributed by atoms with E-state index in [0.717, 1.165) is 26.1 Å². The Morgan fingerprint density at radius 1 is 1.36 bits per heavy atom. The fraction of sp³-hybridized carbons (Fsp3) is 0.312. The van der Waals surface area contributed by atoms with Crippen LogP contribution in [-0.4, -0.2) is 29.6 Å². The maximum absolute atomic E-state index is 8.81. The van der Waals surface area contributed by atoms with Crippen LogP contribution in [0.15, 0.2) is 30.5 Å². The van der Waals surface area contributed by atoms with Gasteiger partial charge in [-0.1, -0.05) is 18.2 Å². The van der Waals surface area contributed by atoms with Gasteiger partial charge in [-0.2, -0.15) is 10.2 Å². The van der Waals surface area contributed by atoms with Gasteiger partial charge in [0.05, 0.1) is 6.20 Å². The van der Waals surface area contributed by atoms with E-state index < -0.39 is 0 Å². The number of rotatable bonds is 4. The third kappa shape index (κ3) is 2.93. The summed E-state index contributed by atoms with van der Waals surface area (Å²) in [6, 6.07) is 10.5. The van der Waals surface area contributed by atoms with Crippen LogP contribution in [0.5, 0.6) is 0 Å². The molecule has 1 aliphatic rings. The Hall–Kier alpha value is -2.81. The number of benzene rings is 1. The highest BCUT2D eigenvalue weighted by molar-refractivity contribution is 5.55. The number of para-hydroxylation sites is 1. The van der Waals surface area contributed by atoms with Crippen LogP contribution in [0.4, 0.5) is 17.5 Å². The molecule has 3 N–H and O–H groups in total. The predicted molar refractivity (Wildman–Crippen MR) is 86.6 cm³/mol. The molecule has 22 heavy (non-hydrogen) atoms. The number of nitrogens with one attached hydrogen (secondary N) is 1. The zero-order valence-electron chi connectivity index (χ0n) is 12.3. The highest BCUT2D eigenvalue weighted by Crippen LogP contribution is 2.26. The van der Waals surface area contributed by atoms with Gasteiger partial charge in [0.25, 0.3) is 0 Å². The molecule has 0 unspecified atom stereocenters. The van der Waals surface area contributed by atoms with Crippen LogP contribution in [0.3, 0.4) is 0 Å². The van der Waals surface area contributed by atoms with E-state index in [1.807, 2.05) is 6.07 Å². The van der Waals surface area contributed by atoms with E-state index >= 15 is 0 Å². The lowest BCUT2D eigenvalue weighted by atomic mass is 10.0. The number of nitrogen functional groups attached to an aromatic ring is 1. The van der Waals surface area contributed by atoms with Gasteiger partial charge in [0, 0.05) is 25.3 Å². The van der Waals surface area contributed by atoms with E-state index in [2.05, 4.69) is 44.5 Å². The molecule has 0 spiro atoms. The molecule has 1 aliphatic heterocycles. The first-order valence-electron chi connectivity index (χ1n) is 7.37. The van der Waals surface area contributed by atoms with Crippen molar-refractivity contribution in [2.75, 3.05) is 35.6 Å². The average molecular weight is 294 g/mol. The molecule has 6 heteroatoms. The number of aryl methyl sites for hydroxylation is 1. The molecule has 0 amide bonds. The number of hydrogen-bond acceptors (Lipinski definition) is 6. The van der Waals surface area contributed by atoms with Crippen LogP contribution in [-0.2, 0) is 6.42 Å². The van der Waals surface area contributed by atoms with E-state index in [1.165, 1.54) is 23.9 Å². The Morgan fingerprint density at radius 2 is 2.23 bits per heavy atom. The normalized spacial score (nSPS) is 13.3. The van der Waals surface area contributed by atoms with E-state index in [-0.39, 0.29) is 5.82 Å². The second-order valence-electron chi connectivity index (χ2n) is 5.25. The first-order chi connectivity index (χ1) is 10.8. The van der Waals surface area contributed by atoms with Gasteiger partial charge < -0.3 is 16.0 Å². The van der Waals surface area contributed by atoms with Crippen molar-refractivity contribution in [2.24, 2.45) is 0 Å². The van der Waals surface area contributed by atoms with E-state index in [1.54, 1.807) is 0 Å². The van der Waals surface area contributed by atoms with Gasteiger partial charge in [-0.15, -0.1) is 0 Å². The maximum atomic E-state index is 8.81. The minimum atomic E-state index is 0.211. The first kappa shape index (κ1) is 14.1. The fourth-order valence-electron chi connectivity index (χ4n) is 2.71. The molecule has 0 saturated heterocycles. The van der Waals surface area contributed by atoms with Crippen molar-refractivity contribution in [3.05, 3.63) is 41.6 Å². The summed E-state index contributed by atoms with van der Waals surface area (Å²) in [5, 5.41) is 12.0. The molecule has 0 atom stereocenters. The molecule has 1 aromatic heterocycles. The van der Waals surface area contributed by atoms with Crippen LogP contribution < -0.4 is 16.0 Å². The molecule has 0 radical (unpaired) electrons. The number of aromatic nitrogens is 2. The summed E-state index contributed by atoms with van der Waals surface area (Å²) in [5.74, 6) is 0.671. The predicted octanol–water partition coefficient (Wildman–Crippen LogP) is 1.80. The summed E-state index contributed by atoms with van der Waals surface area (Å²) >= 11 is 0. The van der Waals surface area contributed by atoms with Crippen molar-refractivity contribution in [1.29, 1.82) is 5.26 Å². The minimum absolute atomic E-state index is 0.211. The number of nitriles is 1. The van der Waals surface area contributed by atoms with Crippen LogP contribution in [0, 0.1) is 11.3 Å². The smallest absolute Gasteiger partial charge is 0.224 e. The Kier molecular flexibility index (Phi) is 4.05. The summed E-state index contributed by atoms with van der Waals surface area (Å²) in [4.78, 5) is 10.6. The van der Waals surface area contributed by atoms with Crippen molar-refractivity contribution in [3.63, 3.8) is 0 Å².